The van der Waals surface area contributed by atoms with Gasteiger partial charge in [-0.3, -0.25) is 9.97 Å². The number of morpholine rings is 1. The SMILES string of the molecule is Cl.Cl.c1cnc(C2CNCCO2)cn1. The van der Waals surface area contributed by atoms with Crippen molar-refractivity contribution in [3.05, 3.63) is 24.3 Å². The molecule has 14 heavy (non-hydrogen) atoms. The summed E-state index contributed by atoms with van der Waals surface area (Å²) in [7, 11) is 0. The lowest BCUT2D eigenvalue weighted by Gasteiger charge is -2.22. The lowest BCUT2D eigenvalue weighted by atomic mass is 10.2. The van der Waals surface area contributed by atoms with Crippen molar-refractivity contribution in [3.63, 3.8) is 0 Å². The highest BCUT2D eigenvalue weighted by Gasteiger charge is 2.16. The first kappa shape index (κ1) is 13.6. The molecule has 1 saturated heterocycles. The maximum absolute atomic E-state index is 5.50. The van der Waals surface area contributed by atoms with Crippen molar-refractivity contribution in [1.29, 1.82) is 0 Å². The predicted octanol–water partition coefficient (Wildman–Crippen LogP) is 0.981. The van der Waals surface area contributed by atoms with Gasteiger partial charge < -0.3 is 10.1 Å². The molecule has 1 aliphatic heterocycles. The summed E-state index contributed by atoms with van der Waals surface area (Å²) < 4.78 is 5.50. The highest BCUT2D eigenvalue weighted by atomic mass is 35.5. The van der Waals surface area contributed by atoms with Crippen molar-refractivity contribution in [2.75, 3.05) is 19.7 Å². The molecule has 0 bridgehead atoms. The fraction of sp³-hybridized carbons (Fsp3) is 0.500. The number of rotatable bonds is 1. The largest absolute Gasteiger partial charge is 0.369 e. The average molecular weight is 238 g/mol. The molecule has 80 valence electrons. The van der Waals surface area contributed by atoms with E-state index in [-0.39, 0.29) is 30.9 Å². The molecule has 0 spiro atoms. The van der Waals surface area contributed by atoms with Crippen LogP contribution in [-0.4, -0.2) is 29.7 Å². The Hall–Kier alpha value is -0.420. The normalized spacial score (nSPS) is 20.4. The summed E-state index contributed by atoms with van der Waals surface area (Å²) in [6.07, 6.45) is 5.18. The highest BCUT2D eigenvalue weighted by molar-refractivity contribution is 5.85. The number of nitrogens with one attached hydrogen (secondary N) is 1. The molecule has 1 atom stereocenters. The van der Waals surface area contributed by atoms with Crippen molar-refractivity contribution >= 4 is 24.8 Å². The molecule has 2 heterocycles. The molecule has 2 rings (SSSR count). The van der Waals surface area contributed by atoms with Crippen LogP contribution in [0.1, 0.15) is 11.8 Å². The molecular formula is C8H13Cl2N3O. The third-order valence-electron chi connectivity index (χ3n) is 1.84. The number of hydrogen-bond donors (Lipinski definition) is 1. The minimum Gasteiger partial charge on any atom is -0.369 e. The Kier molecular flexibility index (Phi) is 6.74. The lowest BCUT2D eigenvalue weighted by Crippen LogP contribution is -2.33. The van der Waals surface area contributed by atoms with Crippen molar-refractivity contribution in [3.8, 4) is 0 Å². The Morgan fingerprint density at radius 1 is 1.36 bits per heavy atom. The summed E-state index contributed by atoms with van der Waals surface area (Å²) in [5, 5.41) is 3.24. The van der Waals surface area contributed by atoms with Gasteiger partial charge in [-0.2, -0.15) is 0 Å². The maximum atomic E-state index is 5.50. The predicted molar refractivity (Wildman–Crippen MR) is 58.1 cm³/mol. The summed E-state index contributed by atoms with van der Waals surface area (Å²) in [5.41, 5.74) is 0.907. The van der Waals surface area contributed by atoms with Crippen LogP contribution in [0.25, 0.3) is 0 Å². The molecular weight excluding hydrogens is 225 g/mol. The average Bonchev–Trinajstić information content (AvgIpc) is 2.21. The van der Waals surface area contributed by atoms with Gasteiger partial charge in [-0.15, -0.1) is 24.8 Å². The topological polar surface area (TPSA) is 47.0 Å². The van der Waals surface area contributed by atoms with Gasteiger partial charge in [0.25, 0.3) is 0 Å². The minimum atomic E-state index is 0. The van der Waals surface area contributed by atoms with Crippen LogP contribution < -0.4 is 5.32 Å². The third kappa shape index (κ3) is 3.38. The zero-order valence-electron chi connectivity index (χ0n) is 7.55. The summed E-state index contributed by atoms with van der Waals surface area (Å²) in [6, 6.07) is 0. The van der Waals surface area contributed by atoms with E-state index in [4.69, 9.17) is 4.74 Å². The van der Waals surface area contributed by atoms with Crippen molar-refractivity contribution < 1.29 is 4.74 Å². The molecule has 6 heteroatoms. The summed E-state index contributed by atoms with van der Waals surface area (Å²) >= 11 is 0. The molecule has 1 aromatic rings. The third-order valence-corrected chi connectivity index (χ3v) is 1.84. The zero-order chi connectivity index (χ0) is 8.23. The van der Waals surface area contributed by atoms with E-state index >= 15 is 0 Å². The van der Waals surface area contributed by atoms with Gasteiger partial charge in [0.1, 0.15) is 6.10 Å². The molecule has 4 nitrogen and oxygen atoms in total. The van der Waals surface area contributed by atoms with Crippen LogP contribution in [0, 0.1) is 0 Å². The maximum Gasteiger partial charge on any atom is 0.113 e. The van der Waals surface area contributed by atoms with Crippen LogP contribution in [0.2, 0.25) is 0 Å². The second-order valence-corrected chi connectivity index (χ2v) is 2.69. The molecule has 0 aliphatic carbocycles. The molecule has 0 amide bonds. The van der Waals surface area contributed by atoms with E-state index in [0.29, 0.717) is 0 Å². The molecule has 1 N–H and O–H groups in total. The standard InChI is InChI=1S/C8H11N3O.2ClH/c1-2-11-7(5-9-1)8-6-10-3-4-12-8;;/h1-2,5,8,10H,3-4,6H2;2*1H. The Labute approximate surface area is 95.3 Å². The Morgan fingerprint density at radius 3 is 2.79 bits per heavy atom. The smallest absolute Gasteiger partial charge is 0.113 e. The van der Waals surface area contributed by atoms with Crippen LogP contribution in [0.3, 0.4) is 0 Å². The van der Waals surface area contributed by atoms with Gasteiger partial charge in [-0.1, -0.05) is 0 Å². The van der Waals surface area contributed by atoms with Crippen LogP contribution >= 0.6 is 24.8 Å². The molecule has 0 radical (unpaired) electrons. The summed E-state index contributed by atoms with van der Waals surface area (Å²) in [6.45, 7) is 2.51. The zero-order valence-corrected chi connectivity index (χ0v) is 9.18. The molecule has 1 fully saturated rings. The molecule has 1 aromatic heterocycles. The van der Waals surface area contributed by atoms with E-state index in [9.17, 15) is 0 Å². The van der Waals surface area contributed by atoms with Gasteiger partial charge >= 0.3 is 0 Å². The quantitative estimate of drug-likeness (QED) is 0.792. The first-order valence-electron chi connectivity index (χ1n) is 4.05. The van der Waals surface area contributed by atoms with Gasteiger partial charge in [0.05, 0.1) is 18.5 Å². The van der Waals surface area contributed by atoms with Crippen LogP contribution in [0.15, 0.2) is 18.6 Å². The van der Waals surface area contributed by atoms with Gasteiger partial charge in [0.2, 0.25) is 0 Å². The fourth-order valence-electron chi connectivity index (χ4n) is 1.23. The minimum absolute atomic E-state index is 0. The van der Waals surface area contributed by atoms with E-state index < -0.39 is 0 Å². The fourth-order valence-corrected chi connectivity index (χ4v) is 1.23. The number of aromatic nitrogens is 2. The van der Waals surface area contributed by atoms with Crippen molar-refractivity contribution in [2.24, 2.45) is 0 Å². The summed E-state index contributed by atoms with van der Waals surface area (Å²) in [4.78, 5) is 8.16. The second-order valence-electron chi connectivity index (χ2n) is 2.69. The number of halogens is 2. The molecule has 0 aromatic carbocycles. The van der Waals surface area contributed by atoms with E-state index in [1.807, 2.05) is 0 Å². The van der Waals surface area contributed by atoms with Gasteiger partial charge in [-0.25, -0.2) is 0 Å². The van der Waals surface area contributed by atoms with Gasteiger partial charge in [0, 0.05) is 25.5 Å². The van der Waals surface area contributed by atoms with E-state index in [1.165, 1.54) is 0 Å². The van der Waals surface area contributed by atoms with Crippen molar-refractivity contribution in [2.45, 2.75) is 6.10 Å². The molecule has 1 aliphatic rings. The van der Waals surface area contributed by atoms with Gasteiger partial charge in [-0.05, 0) is 0 Å². The Balaban J connectivity index is 0.000000845. The highest BCUT2D eigenvalue weighted by Crippen LogP contribution is 2.14. The number of hydrogen-bond acceptors (Lipinski definition) is 4. The number of ether oxygens (including phenoxy) is 1. The second kappa shape index (κ2) is 6.95. The molecule has 0 saturated carbocycles. The van der Waals surface area contributed by atoms with E-state index in [2.05, 4.69) is 15.3 Å². The van der Waals surface area contributed by atoms with Crippen LogP contribution in [0.5, 0.6) is 0 Å². The van der Waals surface area contributed by atoms with E-state index in [1.54, 1.807) is 18.6 Å². The lowest BCUT2D eigenvalue weighted by molar-refractivity contribution is 0.0248. The first-order valence-corrected chi connectivity index (χ1v) is 4.05. The monoisotopic (exact) mass is 237 g/mol. The number of nitrogens with zero attached hydrogens (tertiary/aromatic N) is 2. The van der Waals surface area contributed by atoms with Crippen LogP contribution in [-0.2, 0) is 4.74 Å². The van der Waals surface area contributed by atoms with Gasteiger partial charge in [0.15, 0.2) is 0 Å². The first-order chi connectivity index (χ1) is 5.97. The molecule has 1 unspecified atom stereocenters. The Bertz CT molecular complexity index is 242. The van der Waals surface area contributed by atoms with E-state index in [0.717, 1.165) is 25.4 Å². The van der Waals surface area contributed by atoms with Crippen LogP contribution in [0.4, 0.5) is 0 Å². The summed E-state index contributed by atoms with van der Waals surface area (Å²) in [5.74, 6) is 0. The Morgan fingerprint density at radius 2 is 2.21 bits per heavy atom. The van der Waals surface area contributed by atoms with Crippen molar-refractivity contribution in [1.82, 2.24) is 15.3 Å².